The summed E-state index contributed by atoms with van der Waals surface area (Å²) in [7, 11) is 0. The molecule has 2 aromatic heterocycles. The molecule has 21 heavy (non-hydrogen) atoms. The molecule has 1 amide bonds. The molecule has 0 fully saturated rings. The summed E-state index contributed by atoms with van der Waals surface area (Å²) in [6, 6.07) is 5.34. The Bertz CT molecular complexity index is 663. The highest BCUT2D eigenvalue weighted by atomic mass is 79.9. The lowest BCUT2D eigenvalue weighted by Gasteiger charge is -2.04. The number of ether oxygens (including phenoxy) is 1. The van der Waals surface area contributed by atoms with E-state index in [-0.39, 0.29) is 5.91 Å². The SMILES string of the molecule is CCOC(=O)c1cc(CC)sc1NC(=O)c1ccc(Br)s1. The summed E-state index contributed by atoms with van der Waals surface area (Å²) >= 11 is 6.08. The number of thiophene rings is 2. The molecule has 112 valence electrons. The summed E-state index contributed by atoms with van der Waals surface area (Å²) < 4.78 is 5.92. The molecular formula is C14H14BrNO3S2. The first-order valence-electron chi connectivity index (χ1n) is 6.41. The minimum atomic E-state index is -0.406. The summed E-state index contributed by atoms with van der Waals surface area (Å²) in [4.78, 5) is 25.8. The van der Waals surface area contributed by atoms with E-state index in [0.29, 0.717) is 22.0 Å². The predicted octanol–water partition coefficient (Wildman–Crippen LogP) is 4.56. The van der Waals surface area contributed by atoms with Crippen molar-refractivity contribution in [1.82, 2.24) is 0 Å². The molecule has 0 atom stereocenters. The van der Waals surface area contributed by atoms with Gasteiger partial charge in [-0.2, -0.15) is 0 Å². The number of hydrogen-bond donors (Lipinski definition) is 1. The van der Waals surface area contributed by atoms with Crippen LogP contribution < -0.4 is 5.32 Å². The van der Waals surface area contributed by atoms with Crippen molar-refractivity contribution in [1.29, 1.82) is 0 Å². The first-order chi connectivity index (χ1) is 10.0. The van der Waals surface area contributed by atoms with Gasteiger partial charge in [0.05, 0.1) is 20.8 Å². The van der Waals surface area contributed by atoms with E-state index in [4.69, 9.17) is 4.74 Å². The van der Waals surface area contributed by atoms with Crippen LogP contribution in [0.4, 0.5) is 5.00 Å². The average Bonchev–Trinajstić information content (AvgIpc) is 3.05. The van der Waals surface area contributed by atoms with Gasteiger partial charge < -0.3 is 10.1 Å². The molecule has 1 N–H and O–H groups in total. The lowest BCUT2D eigenvalue weighted by Crippen LogP contribution is -2.13. The van der Waals surface area contributed by atoms with Crippen LogP contribution in [-0.4, -0.2) is 18.5 Å². The molecule has 2 aromatic rings. The number of carbonyl (C=O) groups excluding carboxylic acids is 2. The minimum absolute atomic E-state index is 0.222. The van der Waals surface area contributed by atoms with Gasteiger partial charge in [0.25, 0.3) is 5.91 Å². The number of esters is 1. The Morgan fingerprint density at radius 3 is 2.62 bits per heavy atom. The third-order valence-corrected chi connectivity index (χ3v) is 5.47. The lowest BCUT2D eigenvalue weighted by molar-refractivity contribution is 0.0528. The summed E-state index contributed by atoms with van der Waals surface area (Å²) in [5.41, 5.74) is 0.419. The molecule has 0 aromatic carbocycles. The van der Waals surface area contributed by atoms with E-state index in [2.05, 4.69) is 21.2 Å². The second-order valence-electron chi connectivity index (χ2n) is 4.09. The molecule has 2 rings (SSSR count). The monoisotopic (exact) mass is 387 g/mol. The standard InChI is InChI=1S/C14H14BrNO3S2/c1-3-8-7-9(14(18)19-4-2)13(20-8)16-12(17)10-5-6-11(15)21-10/h5-7H,3-4H2,1-2H3,(H,16,17). The Hall–Kier alpha value is -1.18. The van der Waals surface area contributed by atoms with Crippen molar-refractivity contribution in [3.05, 3.63) is 37.3 Å². The highest BCUT2D eigenvalue weighted by Crippen LogP contribution is 2.31. The van der Waals surface area contributed by atoms with Gasteiger partial charge in [0.15, 0.2) is 0 Å². The van der Waals surface area contributed by atoms with E-state index >= 15 is 0 Å². The maximum atomic E-state index is 12.2. The number of hydrogen-bond acceptors (Lipinski definition) is 5. The summed E-state index contributed by atoms with van der Waals surface area (Å²) in [6.45, 7) is 4.07. The molecule has 0 aliphatic heterocycles. The quantitative estimate of drug-likeness (QED) is 0.764. The molecule has 0 saturated heterocycles. The van der Waals surface area contributed by atoms with Crippen molar-refractivity contribution in [3.8, 4) is 0 Å². The van der Waals surface area contributed by atoms with Gasteiger partial charge >= 0.3 is 5.97 Å². The van der Waals surface area contributed by atoms with Gasteiger partial charge in [-0.15, -0.1) is 22.7 Å². The maximum absolute atomic E-state index is 12.2. The molecular weight excluding hydrogens is 374 g/mol. The van der Waals surface area contributed by atoms with Crippen molar-refractivity contribution < 1.29 is 14.3 Å². The Kier molecular flexibility index (Phi) is 5.55. The summed E-state index contributed by atoms with van der Waals surface area (Å²) in [5.74, 6) is -0.628. The van der Waals surface area contributed by atoms with Gasteiger partial charge in [0, 0.05) is 4.88 Å². The maximum Gasteiger partial charge on any atom is 0.341 e. The van der Waals surface area contributed by atoms with Crippen molar-refractivity contribution in [2.75, 3.05) is 11.9 Å². The van der Waals surface area contributed by atoms with Gasteiger partial charge in [-0.25, -0.2) is 4.79 Å². The van der Waals surface area contributed by atoms with Crippen LogP contribution >= 0.6 is 38.6 Å². The number of rotatable bonds is 5. The van der Waals surface area contributed by atoms with Crippen LogP contribution in [0.2, 0.25) is 0 Å². The zero-order valence-electron chi connectivity index (χ0n) is 11.6. The number of nitrogens with one attached hydrogen (secondary N) is 1. The number of amides is 1. The normalized spacial score (nSPS) is 10.4. The molecule has 0 spiro atoms. The van der Waals surface area contributed by atoms with Crippen LogP contribution in [-0.2, 0) is 11.2 Å². The van der Waals surface area contributed by atoms with Crippen molar-refractivity contribution in [3.63, 3.8) is 0 Å². The van der Waals surface area contributed by atoms with E-state index < -0.39 is 5.97 Å². The van der Waals surface area contributed by atoms with E-state index in [1.807, 2.05) is 13.0 Å². The summed E-state index contributed by atoms with van der Waals surface area (Å²) in [5, 5.41) is 3.34. The highest BCUT2D eigenvalue weighted by molar-refractivity contribution is 9.11. The zero-order valence-corrected chi connectivity index (χ0v) is 14.8. The van der Waals surface area contributed by atoms with E-state index in [1.54, 1.807) is 19.1 Å². The van der Waals surface area contributed by atoms with Crippen LogP contribution in [0, 0.1) is 0 Å². The van der Waals surface area contributed by atoms with Crippen LogP contribution in [0.15, 0.2) is 22.0 Å². The molecule has 0 unspecified atom stereocenters. The Labute approximate surface area is 139 Å². The molecule has 7 heteroatoms. The largest absolute Gasteiger partial charge is 0.462 e. The Morgan fingerprint density at radius 1 is 1.29 bits per heavy atom. The Morgan fingerprint density at radius 2 is 2.05 bits per heavy atom. The molecule has 0 aliphatic rings. The third kappa shape index (κ3) is 3.93. The predicted molar refractivity (Wildman–Crippen MR) is 89.6 cm³/mol. The van der Waals surface area contributed by atoms with Gasteiger partial charge in [-0.1, -0.05) is 6.92 Å². The fourth-order valence-corrected chi connectivity index (χ4v) is 3.93. The van der Waals surface area contributed by atoms with Crippen molar-refractivity contribution in [2.24, 2.45) is 0 Å². The number of carbonyl (C=O) groups is 2. The van der Waals surface area contributed by atoms with Gasteiger partial charge in [0.1, 0.15) is 5.00 Å². The molecule has 4 nitrogen and oxygen atoms in total. The third-order valence-electron chi connectivity index (χ3n) is 2.65. The zero-order chi connectivity index (χ0) is 15.4. The van der Waals surface area contributed by atoms with Crippen LogP contribution in [0.25, 0.3) is 0 Å². The Balaban J connectivity index is 2.24. The smallest absolute Gasteiger partial charge is 0.341 e. The second-order valence-corrected chi connectivity index (χ2v) is 7.69. The van der Waals surface area contributed by atoms with Crippen molar-refractivity contribution in [2.45, 2.75) is 20.3 Å². The first-order valence-corrected chi connectivity index (χ1v) is 8.84. The number of anilines is 1. The fraction of sp³-hybridized carbons (Fsp3) is 0.286. The highest BCUT2D eigenvalue weighted by Gasteiger charge is 2.19. The van der Waals surface area contributed by atoms with Gasteiger partial charge in [0.2, 0.25) is 0 Å². The second kappa shape index (κ2) is 7.20. The summed E-state index contributed by atoms with van der Waals surface area (Å²) in [6.07, 6.45) is 0.803. The minimum Gasteiger partial charge on any atom is -0.462 e. The van der Waals surface area contributed by atoms with E-state index in [0.717, 1.165) is 15.1 Å². The molecule has 0 bridgehead atoms. The van der Waals surface area contributed by atoms with E-state index in [1.165, 1.54) is 22.7 Å². The molecule has 2 heterocycles. The van der Waals surface area contributed by atoms with E-state index in [9.17, 15) is 9.59 Å². The van der Waals surface area contributed by atoms with Crippen LogP contribution in [0.5, 0.6) is 0 Å². The average molecular weight is 388 g/mol. The van der Waals surface area contributed by atoms with Gasteiger partial charge in [-0.3, -0.25) is 4.79 Å². The molecule has 0 aliphatic carbocycles. The topological polar surface area (TPSA) is 55.4 Å². The first kappa shape index (κ1) is 16.2. The van der Waals surface area contributed by atoms with Crippen molar-refractivity contribution >= 4 is 55.5 Å². The fourth-order valence-electron chi connectivity index (χ4n) is 1.67. The van der Waals surface area contributed by atoms with Crippen LogP contribution in [0.3, 0.4) is 0 Å². The van der Waals surface area contributed by atoms with Gasteiger partial charge in [-0.05, 0) is 47.5 Å². The molecule has 0 saturated carbocycles. The number of aryl methyl sites for hydroxylation is 1. The number of halogens is 1. The lowest BCUT2D eigenvalue weighted by atomic mass is 10.2. The van der Waals surface area contributed by atoms with Crippen LogP contribution in [0.1, 0.15) is 38.8 Å². The molecule has 0 radical (unpaired) electrons.